The first-order valence-corrected chi connectivity index (χ1v) is 9.49. The monoisotopic (exact) mass is 564 g/mol. The third-order valence-electron chi connectivity index (χ3n) is 3.23. The highest BCUT2D eigenvalue weighted by atomic mass is 79.9. The summed E-state index contributed by atoms with van der Waals surface area (Å²) in [6, 6.07) is 7.25. The molecular weight excluding hydrogens is 560 g/mol. The largest absolute Gasteiger partial charge is 0.506 e. The van der Waals surface area contributed by atoms with Crippen molar-refractivity contribution in [1.82, 2.24) is 0 Å². The number of ether oxygens (including phenoxy) is 1. The Morgan fingerprint density at radius 3 is 1.70 bits per heavy atom. The van der Waals surface area contributed by atoms with Crippen LogP contribution >= 0.6 is 63.7 Å². The van der Waals surface area contributed by atoms with Gasteiger partial charge in [-0.05, 0) is 105 Å². The lowest BCUT2D eigenvalue weighted by molar-refractivity contribution is 0.342. The van der Waals surface area contributed by atoms with E-state index in [4.69, 9.17) is 4.74 Å². The van der Waals surface area contributed by atoms with E-state index >= 15 is 0 Å². The number of benzene rings is 2. The van der Waals surface area contributed by atoms with E-state index in [9.17, 15) is 10.2 Å². The topological polar surface area (TPSA) is 49.7 Å². The Bertz CT molecular complexity index is 826. The van der Waals surface area contributed by atoms with Crippen molar-refractivity contribution >= 4 is 75.4 Å². The molecule has 0 fully saturated rings. The number of halogens is 4. The molecule has 1 aliphatic rings. The standard InChI is InChI=1S/C16H8Br4O3/c17-10-1-7(2-11(18)15(10)21)3-14-9(6-23-14)8-4-12(19)16(22)13(20)5-8/h1-6,21-22H/b14-3-. The fraction of sp³-hybridized carbons (Fsp3) is 0. The fourth-order valence-electron chi connectivity index (χ4n) is 2.05. The molecule has 3 rings (SSSR count). The van der Waals surface area contributed by atoms with E-state index in [1.54, 1.807) is 18.4 Å². The fourth-order valence-corrected chi connectivity index (χ4v) is 4.46. The molecule has 0 saturated carbocycles. The Labute approximate surface area is 166 Å². The molecule has 2 aromatic carbocycles. The molecule has 2 N–H and O–H groups in total. The minimum atomic E-state index is 0.156. The second-order valence-corrected chi connectivity index (χ2v) is 8.20. The van der Waals surface area contributed by atoms with Gasteiger partial charge in [-0.25, -0.2) is 0 Å². The Hall–Kier alpha value is -0.760. The van der Waals surface area contributed by atoms with Crippen LogP contribution in [0.4, 0.5) is 0 Å². The van der Waals surface area contributed by atoms with E-state index in [-0.39, 0.29) is 11.5 Å². The summed E-state index contributed by atoms with van der Waals surface area (Å²) in [7, 11) is 0. The van der Waals surface area contributed by atoms with Gasteiger partial charge in [0.2, 0.25) is 0 Å². The second-order valence-electron chi connectivity index (χ2n) is 4.78. The maximum absolute atomic E-state index is 9.80. The van der Waals surface area contributed by atoms with Crippen LogP contribution in [0.15, 0.2) is 54.2 Å². The predicted octanol–water partition coefficient (Wildman–Crippen LogP) is 6.56. The quantitative estimate of drug-likeness (QED) is 0.432. The van der Waals surface area contributed by atoms with E-state index in [2.05, 4.69) is 63.7 Å². The van der Waals surface area contributed by atoms with E-state index in [1.807, 2.05) is 18.2 Å². The normalized spacial score (nSPS) is 15.1. The summed E-state index contributed by atoms with van der Waals surface area (Å²) >= 11 is 13.3. The summed E-state index contributed by atoms with van der Waals surface area (Å²) in [5.41, 5.74) is 2.71. The van der Waals surface area contributed by atoms with Gasteiger partial charge in [0.05, 0.1) is 23.5 Å². The van der Waals surface area contributed by atoms with E-state index in [0.717, 1.165) is 16.7 Å². The van der Waals surface area contributed by atoms with Gasteiger partial charge < -0.3 is 14.9 Å². The molecule has 7 heteroatoms. The molecule has 1 aliphatic heterocycles. The van der Waals surface area contributed by atoms with Crippen LogP contribution in [0.25, 0.3) is 11.6 Å². The Morgan fingerprint density at radius 2 is 1.26 bits per heavy atom. The minimum absolute atomic E-state index is 0.156. The van der Waals surface area contributed by atoms with Gasteiger partial charge in [0.1, 0.15) is 23.5 Å². The molecule has 3 nitrogen and oxygen atoms in total. The van der Waals surface area contributed by atoms with Gasteiger partial charge in [0, 0.05) is 0 Å². The van der Waals surface area contributed by atoms with Crippen molar-refractivity contribution in [2.75, 3.05) is 0 Å². The molecule has 1 heterocycles. The number of phenols is 2. The van der Waals surface area contributed by atoms with Crippen LogP contribution in [0.5, 0.6) is 11.5 Å². The maximum Gasteiger partial charge on any atom is 0.143 e. The Balaban J connectivity index is 1.97. The summed E-state index contributed by atoms with van der Waals surface area (Å²) in [6.45, 7) is 0. The molecular formula is C16H8Br4O3. The second kappa shape index (κ2) is 6.63. The number of rotatable bonds is 2. The average Bonchev–Trinajstić information content (AvgIpc) is 2.46. The Kier molecular flexibility index (Phi) is 4.92. The Morgan fingerprint density at radius 1 is 0.783 bits per heavy atom. The zero-order valence-electron chi connectivity index (χ0n) is 11.3. The first-order valence-electron chi connectivity index (χ1n) is 6.32. The molecule has 0 aromatic heterocycles. The van der Waals surface area contributed by atoms with Gasteiger partial charge in [-0.15, -0.1) is 0 Å². The van der Waals surface area contributed by atoms with Crippen molar-refractivity contribution in [3.05, 3.63) is 65.3 Å². The minimum Gasteiger partial charge on any atom is -0.506 e. The molecule has 0 saturated heterocycles. The lowest BCUT2D eigenvalue weighted by Gasteiger charge is -2.21. The molecule has 0 radical (unpaired) electrons. The van der Waals surface area contributed by atoms with Gasteiger partial charge in [-0.2, -0.15) is 0 Å². The molecule has 0 aliphatic carbocycles. The number of allylic oxidation sites excluding steroid dienone is 1. The number of hydrogen-bond donors (Lipinski definition) is 2. The number of aromatic hydroxyl groups is 2. The van der Waals surface area contributed by atoms with Crippen molar-refractivity contribution in [2.45, 2.75) is 0 Å². The highest BCUT2D eigenvalue weighted by Gasteiger charge is 2.20. The summed E-state index contributed by atoms with van der Waals surface area (Å²) < 4.78 is 7.83. The van der Waals surface area contributed by atoms with Crippen molar-refractivity contribution in [3.63, 3.8) is 0 Å². The van der Waals surface area contributed by atoms with Crippen molar-refractivity contribution in [1.29, 1.82) is 0 Å². The summed E-state index contributed by atoms with van der Waals surface area (Å²) in [5, 5.41) is 19.6. The van der Waals surface area contributed by atoms with Crippen molar-refractivity contribution < 1.29 is 14.9 Å². The summed E-state index contributed by atoms with van der Waals surface area (Å²) in [6.07, 6.45) is 3.53. The van der Waals surface area contributed by atoms with Gasteiger partial charge in [0.15, 0.2) is 0 Å². The van der Waals surface area contributed by atoms with E-state index in [0.29, 0.717) is 23.7 Å². The van der Waals surface area contributed by atoms with Crippen LogP contribution in [0.3, 0.4) is 0 Å². The first-order chi connectivity index (χ1) is 10.9. The maximum atomic E-state index is 9.80. The molecule has 118 valence electrons. The van der Waals surface area contributed by atoms with Crippen molar-refractivity contribution in [2.24, 2.45) is 0 Å². The number of phenolic OH excluding ortho intramolecular Hbond substituents is 2. The van der Waals surface area contributed by atoms with Crippen LogP contribution in [-0.4, -0.2) is 10.2 Å². The SMILES string of the molecule is Oc1c(Br)cc(/C=C2\OC=C2c2cc(Br)c(O)c(Br)c2)cc1Br. The molecule has 0 unspecified atom stereocenters. The van der Waals surface area contributed by atoms with Crippen LogP contribution in [-0.2, 0) is 4.74 Å². The third-order valence-corrected chi connectivity index (χ3v) is 5.65. The smallest absolute Gasteiger partial charge is 0.143 e. The molecule has 0 amide bonds. The summed E-state index contributed by atoms with van der Waals surface area (Å²) in [5.74, 6) is 1.02. The van der Waals surface area contributed by atoms with Gasteiger partial charge in [-0.3, -0.25) is 0 Å². The number of hydrogen-bond acceptors (Lipinski definition) is 3. The van der Waals surface area contributed by atoms with Crippen LogP contribution in [0.2, 0.25) is 0 Å². The van der Waals surface area contributed by atoms with Crippen LogP contribution in [0.1, 0.15) is 11.1 Å². The van der Waals surface area contributed by atoms with Gasteiger partial charge >= 0.3 is 0 Å². The third kappa shape index (κ3) is 3.38. The van der Waals surface area contributed by atoms with Gasteiger partial charge in [0.25, 0.3) is 0 Å². The van der Waals surface area contributed by atoms with Crippen LogP contribution in [0, 0.1) is 0 Å². The zero-order valence-corrected chi connectivity index (χ0v) is 17.6. The average molecular weight is 568 g/mol. The molecule has 2 aromatic rings. The predicted molar refractivity (Wildman–Crippen MR) is 104 cm³/mol. The highest BCUT2D eigenvalue weighted by molar-refractivity contribution is 9.11. The van der Waals surface area contributed by atoms with Crippen molar-refractivity contribution in [3.8, 4) is 11.5 Å². The molecule has 23 heavy (non-hydrogen) atoms. The van der Waals surface area contributed by atoms with E-state index < -0.39 is 0 Å². The molecule has 0 spiro atoms. The van der Waals surface area contributed by atoms with E-state index in [1.165, 1.54) is 0 Å². The first kappa shape index (κ1) is 17.1. The zero-order chi connectivity index (χ0) is 16.7. The molecule has 0 atom stereocenters. The van der Waals surface area contributed by atoms with Crippen LogP contribution < -0.4 is 0 Å². The highest BCUT2D eigenvalue weighted by Crippen LogP contribution is 2.41. The molecule has 0 bridgehead atoms. The van der Waals surface area contributed by atoms with Gasteiger partial charge in [-0.1, -0.05) is 0 Å². The lowest BCUT2D eigenvalue weighted by Crippen LogP contribution is -2.02. The lowest BCUT2D eigenvalue weighted by atomic mass is 10.0. The summed E-state index contributed by atoms with van der Waals surface area (Å²) in [4.78, 5) is 0.